The zero-order valence-electron chi connectivity index (χ0n) is 21.7. The molecule has 2 amide bonds. The second-order valence-corrected chi connectivity index (χ2v) is 12.5. The highest BCUT2D eigenvalue weighted by Crippen LogP contribution is 2.29. The summed E-state index contributed by atoms with van der Waals surface area (Å²) in [6.07, 6.45) is 7.34. The van der Waals surface area contributed by atoms with Gasteiger partial charge in [0.2, 0.25) is 11.7 Å². The van der Waals surface area contributed by atoms with Crippen molar-refractivity contribution >= 4 is 44.3 Å². The first-order valence-corrected chi connectivity index (χ1v) is 14.9. The lowest BCUT2D eigenvalue weighted by Gasteiger charge is -2.40. The van der Waals surface area contributed by atoms with E-state index in [0.29, 0.717) is 26.2 Å². The quantitative estimate of drug-likeness (QED) is 0.244. The molecule has 1 aliphatic heterocycles. The first kappa shape index (κ1) is 27.1. The lowest BCUT2D eigenvalue weighted by atomic mass is 10.1. The number of benzene rings is 1. The van der Waals surface area contributed by atoms with Gasteiger partial charge in [0.1, 0.15) is 5.03 Å². The number of nitrogens with zero attached hydrogens (tertiary/aromatic N) is 5. The van der Waals surface area contributed by atoms with Crippen molar-refractivity contribution in [3.05, 3.63) is 77.2 Å². The Hall–Kier alpha value is -4.07. The van der Waals surface area contributed by atoms with E-state index in [0.717, 1.165) is 18.4 Å². The average molecular weight is 596 g/mol. The smallest absolute Gasteiger partial charge is 0.292 e. The standard InChI is InChI=1S/C27H26ClN7O5S/c28-21-3-4-23-19(11-21)12-24(32-23)41(39,40)34-9-10-35(22(16-34)15-31-26(36)18-1-2-18)27(37)25-29-13-20(14-30-25)17-5-7-33(38)8-6-17/h3-8,11-14,18,22,32H,1-2,9-10,15-16H2,(H,31,36). The fourth-order valence-corrected chi connectivity index (χ4v) is 6.54. The number of piperazine rings is 1. The molecule has 0 radical (unpaired) electrons. The Labute approximate surface area is 240 Å². The van der Waals surface area contributed by atoms with E-state index in [2.05, 4.69) is 20.3 Å². The van der Waals surface area contributed by atoms with Crippen molar-refractivity contribution in [3.8, 4) is 11.1 Å². The summed E-state index contributed by atoms with van der Waals surface area (Å²) in [6, 6.07) is 9.21. The third-order valence-corrected chi connectivity index (χ3v) is 9.34. The van der Waals surface area contributed by atoms with Crippen molar-refractivity contribution in [3.63, 3.8) is 0 Å². The van der Waals surface area contributed by atoms with E-state index in [9.17, 15) is 23.2 Å². The summed E-state index contributed by atoms with van der Waals surface area (Å²) in [6.45, 7) is 0.203. The Morgan fingerprint density at radius 3 is 2.51 bits per heavy atom. The second kappa shape index (κ2) is 10.7. The molecule has 3 aromatic heterocycles. The van der Waals surface area contributed by atoms with Crippen LogP contribution in [0.25, 0.3) is 22.0 Å². The van der Waals surface area contributed by atoms with Gasteiger partial charge in [0.25, 0.3) is 15.9 Å². The van der Waals surface area contributed by atoms with Gasteiger partial charge in [0.05, 0.1) is 6.04 Å². The minimum atomic E-state index is -3.94. The highest BCUT2D eigenvalue weighted by molar-refractivity contribution is 7.89. The van der Waals surface area contributed by atoms with Crippen LogP contribution in [0.5, 0.6) is 0 Å². The SMILES string of the molecule is O=C(NCC1CN(S(=O)(=O)c2cc3cc(Cl)ccc3[nH]2)CCN1C(=O)c1ncc(-c2cc[n+]([O-])cc2)cn1)C1CC1. The summed E-state index contributed by atoms with van der Waals surface area (Å²) in [5, 5.41) is 15.4. The van der Waals surface area contributed by atoms with Crippen LogP contribution >= 0.6 is 11.6 Å². The third kappa shape index (κ3) is 5.60. The summed E-state index contributed by atoms with van der Waals surface area (Å²) in [5.74, 6) is -0.658. The monoisotopic (exact) mass is 595 g/mol. The number of carbonyl (C=O) groups is 2. The van der Waals surface area contributed by atoms with Gasteiger partial charge in [-0.1, -0.05) is 11.6 Å². The Morgan fingerprint density at radius 2 is 1.80 bits per heavy atom. The number of aromatic nitrogens is 4. The fraction of sp³-hybridized carbons (Fsp3) is 0.296. The zero-order chi connectivity index (χ0) is 28.7. The molecule has 1 atom stereocenters. The van der Waals surface area contributed by atoms with Crippen LogP contribution in [0.15, 0.2) is 66.2 Å². The Kier molecular flexibility index (Phi) is 7.09. The number of amides is 2. The molecule has 6 rings (SSSR count). The first-order valence-electron chi connectivity index (χ1n) is 13.1. The van der Waals surface area contributed by atoms with E-state index >= 15 is 0 Å². The summed E-state index contributed by atoms with van der Waals surface area (Å²) >= 11 is 6.07. The van der Waals surface area contributed by atoms with Gasteiger partial charge in [-0.3, -0.25) is 9.59 Å². The van der Waals surface area contributed by atoms with Crippen LogP contribution < -0.4 is 10.0 Å². The molecule has 1 saturated carbocycles. The van der Waals surface area contributed by atoms with Crippen LogP contribution in [0.1, 0.15) is 23.5 Å². The van der Waals surface area contributed by atoms with Gasteiger partial charge >= 0.3 is 0 Å². The second-order valence-electron chi connectivity index (χ2n) is 10.1. The van der Waals surface area contributed by atoms with Crippen LogP contribution in [0.2, 0.25) is 5.02 Å². The van der Waals surface area contributed by atoms with Gasteiger partial charge in [-0.15, -0.1) is 0 Å². The lowest BCUT2D eigenvalue weighted by Crippen LogP contribution is -2.60. The van der Waals surface area contributed by atoms with E-state index in [4.69, 9.17) is 11.6 Å². The number of carbonyl (C=O) groups excluding carboxylic acids is 2. The normalized spacial score (nSPS) is 18.0. The minimum Gasteiger partial charge on any atom is -0.619 e. The molecule has 2 aliphatic rings. The molecule has 2 N–H and O–H groups in total. The van der Waals surface area contributed by atoms with Crippen molar-refractivity contribution in [2.75, 3.05) is 26.2 Å². The summed E-state index contributed by atoms with van der Waals surface area (Å²) in [4.78, 5) is 38.9. The Morgan fingerprint density at radius 1 is 1.07 bits per heavy atom. The van der Waals surface area contributed by atoms with E-state index in [1.54, 1.807) is 30.3 Å². The maximum absolute atomic E-state index is 13.6. The highest BCUT2D eigenvalue weighted by Gasteiger charge is 2.39. The lowest BCUT2D eigenvalue weighted by molar-refractivity contribution is -0.605. The van der Waals surface area contributed by atoms with Gasteiger partial charge in [-0.05, 0) is 42.7 Å². The van der Waals surface area contributed by atoms with Crippen molar-refractivity contribution in [2.24, 2.45) is 5.92 Å². The van der Waals surface area contributed by atoms with Crippen LogP contribution in [0.4, 0.5) is 0 Å². The molecule has 1 aromatic carbocycles. The predicted molar refractivity (Wildman–Crippen MR) is 149 cm³/mol. The first-order chi connectivity index (χ1) is 19.7. The average Bonchev–Trinajstić information content (AvgIpc) is 3.74. The fourth-order valence-electron chi connectivity index (χ4n) is 4.87. The molecule has 2 fully saturated rings. The van der Waals surface area contributed by atoms with Crippen LogP contribution in [0, 0.1) is 11.1 Å². The van der Waals surface area contributed by atoms with Crippen LogP contribution in [-0.4, -0.2) is 76.6 Å². The van der Waals surface area contributed by atoms with Gasteiger partial charge in [0, 0.05) is 78.1 Å². The molecule has 0 bridgehead atoms. The number of fused-ring (bicyclic) bond motifs is 1. The maximum Gasteiger partial charge on any atom is 0.292 e. The Balaban J connectivity index is 1.23. The summed E-state index contributed by atoms with van der Waals surface area (Å²) in [7, 11) is -3.94. The molecule has 0 spiro atoms. The molecule has 41 heavy (non-hydrogen) atoms. The van der Waals surface area contributed by atoms with Crippen LogP contribution in [-0.2, 0) is 14.8 Å². The van der Waals surface area contributed by atoms with E-state index < -0.39 is 22.0 Å². The molecule has 12 nitrogen and oxygen atoms in total. The molecule has 212 valence electrons. The summed E-state index contributed by atoms with van der Waals surface area (Å²) < 4.78 is 29.2. The van der Waals surface area contributed by atoms with Gasteiger partial charge in [-0.2, -0.15) is 9.04 Å². The number of H-pyrrole nitrogens is 1. The largest absolute Gasteiger partial charge is 0.619 e. The molecule has 1 aliphatic carbocycles. The van der Waals surface area contributed by atoms with Crippen molar-refractivity contribution in [1.82, 2.24) is 29.5 Å². The molecule has 4 heterocycles. The molecule has 14 heteroatoms. The molecule has 1 unspecified atom stereocenters. The van der Waals surface area contributed by atoms with Crippen molar-refractivity contribution in [1.29, 1.82) is 0 Å². The van der Waals surface area contributed by atoms with Crippen molar-refractivity contribution < 1.29 is 22.7 Å². The van der Waals surface area contributed by atoms with Crippen LogP contribution in [0.3, 0.4) is 0 Å². The van der Waals surface area contributed by atoms with E-state index in [-0.39, 0.29) is 48.9 Å². The molecular formula is C27H26ClN7O5S. The van der Waals surface area contributed by atoms with Gasteiger partial charge in [0.15, 0.2) is 12.4 Å². The molecule has 1 saturated heterocycles. The number of hydrogen-bond acceptors (Lipinski definition) is 7. The number of hydrogen-bond donors (Lipinski definition) is 2. The molecule has 4 aromatic rings. The third-order valence-electron chi connectivity index (χ3n) is 7.32. The van der Waals surface area contributed by atoms with Gasteiger partial charge < -0.3 is 20.4 Å². The molecular weight excluding hydrogens is 570 g/mol. The number of pyridine rings is 1. The number of halogens is 1. The van der Waals surface area contributed by atoms with Gasteiger partial charge in [-0.25, -0.2) is 18.4 Å². The Bertz CT molecular complexity index is 1720. The number of rotatable bonds is 7. The van der Waals surface area contributed by atoms with E-state index in [1.165, 1.54) is 40.1 Å². The predicted octanol–water partition coefficient (Wildman–Crippen LogP) is 1.95. The zero-order valence-corrected chi connectivity index (χ0v) is 23.3. The summed E-state index contributed by atoms with van der Waals surface area (Å²) in [5.41, 5.74) is 1.99. The van der Waals surface area contributed by atoms with Crippen molar-refractivity contribution in [2.45, 2.75) is 23.9 Å². The minimum absolute atomic E-state index is 0.0214. The topological polar surface area (TPSA) is 155 Å². The van der Waals surface area contributed by atoms with E-state index in [1.807, 2.05) is 0 Å². The maximum atomic E-state index is 13.6. The highest BCUT2D eigenvalue weighted by atomic mass is 35.5. The number of sulfonamides is 1. The number of aromatic amines is 1. The number of nitrogens with one attached hydrogen (secondary N) is 2.